The van der Waals surface area contributed by atoms with Crippen LogP contribution in [0.15, 0.2) is 48.5 Å². The van der Waals surface area contributed by atoms with Gasteiger partial charge in [0.05, 0.1) is 12.5 Å². The molecule has 78 valence electrons. The lowest BCUT2D eigenvalue weighted by atomic mass is 9.97. The van der Waals surface area contributed by atoms with Crippen LogP contribution in [0.4, 0.5) is 5.69 Å². The Morgan fingerprint density at radius 3 is 2.25 bits per heavy atom. The van der Waals surface area contributed by atoms with E-state index in [4.69, 9.17) is 11.0 Å². The van der Waals surface area contributed by atoms with Gasteiger partial charge in [0.15, 0.2) is 0 Å². The van der Waals surface area contributed by atoms with Crippen molar-refractivity contribution in [3.63, 3.8) is 0 Å². The van der Waals surface area contributed by atoms with Crippen LogP contribution < -0.4 is 5.73 Å². The van der Waals surface area contributed by atoms with Crippen LogP contribution in [0.2, 0.25) is 0 Å². The Kier molecular flexibility index (Phi) is 2.88. The largest absolute Gasteiger partial charge is 0.398 e. The lowest BCUT2D eigenvalue weighted by Crippen LogP contribution is -1.93. The number of hydrogen-bond donors (Lipinski definition) is 1. The van der Waals surface area contributed by atoms with Gasteiger partial charge >= 0.3 is 0 Å². The zero-order valence-electron chi connectivity index (χ0n) is 8.85. The van der Waals surface area contributed by atoms with E-state index >= 15 is 0 Å². The highest BCUT2D eigenvalue weighted by Gasteiger charge is 2.06. The molecule has 2 rings (SSSR count). The first-order valence-corrected chi connectivity index (χ1v) is 5.12. The van der Waals surface area contributed by atoms with Gasteiger partial charge in [-0.25, -0.2) is 0 Å². The van der Waals surface area contributed by atoms with E-state index in [0.717, 1.165) is 22.4 Å². The number of hydrogen-bond acceptors (Lipinski definition) is 2. The van der Waals surface area contributed by atoms with Crippen molar-refractivity contribution in [1.82, 2.24) is 0 Å². The molecule has 0 aliphatic carbocycles. The van der Waals surface area contributed by atoms with Crippen molar-refractivity contribution in [2.75, 3.05) is 5.73 Å². The normalized spacial score (nSPS) is 9.69. The van der Waals surface area contributed by atoms with Crippen LogP contribution in [0.25, 0.3) is 11.1 Å². The van der Waals surface area contributed by atoms with Crippen molar-refractivity contribution in [2.45, 2.75) is 6.42 Å². The van der Waals surface area contributed by atoms with E-state index in [1.54, 1.807) is 0 Å². The first-order valence-electron chi connectivity index (χ1n) is 5.12. The molecule has 0 amide bonds. The van der Waals surface area contributed by atoms with E-state index in [-0.39, 0.29) is 0 Å². The maximum atomic E-state index is 8.78. The smallest absolute Gasteiger partial charge is 0.0669 e. The molecule has 0 unspecified atom stereocenters. The average Bonchev–Trinajstić information content (AvgIpc) is 2.31. The molecule has 2 aromatic carbocycles. The van der Waals surface area contributed by atoms with E-state index in [1.807, 2.05) is 48.5 Å². The Labute approximate surface area is 95.0 Å². The highest BCUT2D eigenvalue weighted by atomic mass is 14.6. The fourth-order valence-corrected chi connectivity index (χ4v) is 1.76. The van der Waals surface area contributed by atoms with Gasteiger partial charge in [-0.15, -0.1) is 0 Å². The summed E-state index contributed by atoms with van der Waals surface area (Å²) in [6.07, 6.45) is 0.407. The molecule has 0 saturated carbocycles. The van der Waals surface area contributed by atoms with Crippen molar-refractivity contribution in [2.24, 2.45) is 0 Å². The zero-order valence-corrected chi connectivity index (χ0v) is 8.85. The Balaban J connectivity index is 2.57. The van der Waals surface area contributed by atoms with Crippen LogP contribution in [0.1, 0.15) is 5.56 Å². The van der Waals surface area contributed by atoms with Crippen molar-refractivity contribution in [3.05, 3.63) is 54.1 Å². The van der Waals surface area contributed by atoms with Crippen LogP contribution in [0.3, 0.4) is 0 Å². The molecular formula is C14H12N2. The molecule has 16 heavy (non-hydrogen) atoms. The van der Waals surface area contributed by atoms with Crippen LogP contribution in [0, 0.1) is 11.3 Å². The number of nitrogens with two attached hydrogens (primary N) is 1. The van der Waals surface area contributed by atoms with Crippen LogP contribution in [-0.4, -0.2) is 0 Å². The zero-order chi connectivity index (χ0) is 11.4. The van der Waals surface area contributed by atoms with Gasteiger partial charge in [0, 0.05) is 11.3 Å². The molecule has 2 aromatic rings. The lowest BCUT2D eigenvalue weighted by molar-refractivity contribution is 1.26. The fourth-order valence-electron chi connectivity index (χ4n) is 1.76. The molecule has 0 spiro atoms. The second kappa shape index (κ2) is 4.50. The summed E-state index contributed by atoms with van der Waals surface area (Å²) in [5, 5.41) is 8.78. The molecule has 0 saturated heterocycles. The van der Waals surface area contributed by atoms with Crippen LogP contribution in [0.5, 0.6) is 0 Å². The fraction of sp³-hybridized carbons (Fsp3) is 0.0714. The molecule has 0 heterocycles. The average molecular weight is 208 g/mol. The van der Waals surface area contributed by atoms with Gasteiger partial charge in [-0.3, -0.25) is 0 Å². The minimum absolute atomic E-state index is 0.407. The number of anilines is 1. The van der Waals surface area contributed by atoms with Crippen molar-refractivity contribution < 1.29 is 0 Å². The second-order valence-electron chi connectivity index (χ2n) is 3.58. The third kappa shape index (κ3) is 1.89. The number of para-hydroxylation sites is 1. The molecule has 0 aliphatic rings. The van der Waals surface area contributed by atoms with Crippen molar-refractivity contribution >= 4 is 5.69 Å². The second-order valence-corrected chi connectivity index (χ2v) is 3.58. The summed E-state index contributed by atoms with van der Waals surface area (Å²) >= 11 is 0. The monoisotopic (exact) mass is 208 g/mol. The Morgan fingerprint density at radius 1 is 0.938 bits per heavy atom. The minimum atomic E-state index is 0.407. The lowest BCUT2D eigenvalue weighted by Gasteiger charge is -2.09. The number of benzene rings is 2. The number of nitriles is 1. The highest BCUT2D eigenvalue weighted by molar-refractivity contribution is 5.78. The van der Waals surface area contributed by atoms with Crippen LogP contribution >= 0.6 is 0 Å². The minimum Gasteiger partial charge on any atom is -0.398 e. The topological polar surface area (TPSA) is 49.8 Å². The maximum absolute atomic E-state index is 8.78. The molecule has 0 atom stereocenters. The summed E-state index contributed by atoms with van der Waals surface area (Å²) in [7, 11) is 0. The molecular weight excluding hydrogens is 196 g/mol. The van der Waals surface area contributed by atoms with E-state index in [1.165, 1.54) is 0 Å². The molecule has 2 N–H and O–H groups in total. The van der Waals surface area contributed by atoms with Gasteiger partial charge in [0.25, 0.3) is 0 Å². The number of nitrogens with zero attached hydrogens (tertiary/aromatic N) is 1. The van der Waals surface area contributed by atoms with Gasteiger partial charge in [0.1, 0.15) is 0 Å². The molecule has 0 bridgehead atoms. The molecule has 0 fully saturated rings. The Morgan fingerprint density at radius 2 is 1.56 bits per heavy atom. The maximum Gasteiger partial charge on any atom is 0.0669 e. The van der Waals surface area contributed by atoms with Gasteiger partial charge in [0.2, 0.25) is 0 Å². The molecule has 2 heteroatoms. The first-order chi connectivity index (χ1) is 7.83. The molecule has 2 nitrogen and oxygen atoms in total. The van der Waals surface area contributed by atoms with Gasteiger partial charge in [-0.1, -0.05) is 42.5 Å². The van der Waals surface area contributed by atoms with E-state index in [9.17, 15) is 0 Å². The Hall–Kier alpha value is -2.27. The first kappa shape index (κ1) is 10.3. The number of nitrogen functional groups attached to an aromatic ring is 1. The number of rotatable bonds is 2. The summed E-state index contributed by atoms with van der Waals surface area (Å²) in [4.78, 5) is 0. The predicted molar refractivity (Wildman–Crippen MR) is 65.6 cm³/mol. The Bertz CT molecular complexity index is 538. The highest BCUT2D eigenvalue weighted by Crippen LogP contribution is 2.28. The van der Waals surface area contributed by atoms with Crippen LogP contribution in [-0.2, 0) is 6.42 Å². The van der Waals surface area contributed by atoms with Crippen molar-refractivity contribution in [1.29, 1.82) is 5.26 Å². The SMILES string of the molecule is N#CCc1ccccc1-c1ccccc1N. The summed E-state index contributed by atoms with van der Waals surface area (Å²) < 4.78 is 0. The molecule has 0 aliphatic heterocycles. The quantitative estimate of drug-likeness (QED) is 0.771. The van der Waals surface area contributed by atoms with Gasteiger partial charge < -0.3 is 5.73 Å². The summed E-state index contributed by atoms with van der Waals surface area (Å²) in [6, 6.07) is 17.7. The molecule has 0 aromatic heterocycles. The summed E-state index contributed by atoms with van der Waals surface area (Å²) in [5.41, 5.74) is 9.73. The summed E-state index contributed by atoms with van der Waals surface area (Å²) in [5.74, 6) is 0. The summed E-state index contributed by atoms with van der Waals surface area (Å²) in [6.45, 7) is 0. The molecule has 0 radical (unpaired) electrons. The standard InChI is InChI=1S/C14H12N2/c15-10-9-11-5-1-2-6-12(11)13-7-3-4-8-14(13)16/h1-8H,9,16H2. The predicted octanol–water partition coefficient (Wildman–Crippen LogP) is 3.00. The third-order valence-corrected chi connectivity index (χ3v) is 2.54. The van der Waals surface area contributed by atoms with Gasteiger partial charge in [-0.2, -0.15) is 5.26 Å². The van der Waals surface area contributed by atoms with E-state index in [0.29, 0.717) is 6.42 Å². The van der Waals surface area contributed by atoms with Crippen molar-refractivity contribution in [3.8, 4) is 17.2 Å². The van der Waals surface area contributed by atoms with Gasteiger partial charge in [-0.05, 0) is 17.2 Å². The van der Waals surface area contributed by atoms with E-state index < -0.39 is 0 Å². The van der Waals surface area contributed by atoms with E-state index in [2.05, 4.69) is 6.07 Å². The third-order valence-electron chi connectivity index (χ3n) is 2.54.